The SMILES string of the molecule is O=[N+]([O-])c1ccc(Sc2cccc(Cl)c2Cl)cc1. The molecule has 0 aliphatic rings. The molecule has 0 atom stereocenters. The molecular weight excluding hydrogens is 293 g/mol. The smallest absolute Gasteiger partial charge is 0.258 e. The molecule has 3 nitrogen and oxygen atoms in total. The van der Waals surface area contributed by atoms with E-state index in [0.717, 1.165) is 9.79 Å². The highest BCUT2D eigenvalue weighted by Crippen LogP contribution is 2.37. The van der Waals surface area contributed by atoms with Crippen molar-refractivity contribution in [2.75, 3.05) is 0 Å². The van der Waals surface area contributed by atoms with Crippen molar-refractivity contribution in [1.82, 2.24) is 0 Å². The number of non-ortho nitro benzene ring substituents is 1. The fourth-order valence-electron chi connectivity index (χ4n) is 1.33. The molecule has 0 radical (unpaired) electrons. The third-order valence-electron chi connectivity index (χ3n) is 2.19. The van der Waals surface area contributed by atoms with Crippen LogP contribution in [-0.4, -0.2) is 4.92 Å². The van der Waals surface area contributed by atoms with Crippen LogP contribution >= 0.6 is 35.0 Å². The fraction of sp³-hybridized carbons (Fsp3) is 0. The van der Waals surface area contributed by atoms with Crippen LogP contribution in [0.3, 0.4) is 0 Å². The maximum Gasteiger partial charge on any atom is 0.269 e. The first-order valence-corrected chi connectivity index (χ1v) is 6.51. The standard InChI is InChI=1S/C12H7Cl2NO2S/c13-10-2-1-3-11(12(10)14)18-9-6-4-8(5-7-9)15(16)17/h1-7H. The fourth-order valence-corrected chi connectivity index (χ4v) is 2.67. The van der Waals surface area contributed by atoms with Crippen LogP contribution in [0.5, 0.6) is 0 Å². The Balaban J connectivity index is 2.24. The summed E-state index contributed by atoms with van der Waals surface area (Å²) in [7, 11) is 0. The zero-order valence-corrected chi connectivity index (χ0v) is 11.3. The van der Waals surface area contributed by atoms with Crippen LogP contribution in [-0.2, 0) is 0 Å². The van der Waals surface area contributed by atoms with Crippen molar-refractivity contribution in [3.63, 3.8) is 0 Å². The van der Waals surface area contributed by atoms with Crippen LogP contribution in [0.4, 0.5) is 5.69 Å². The molecule has 92 valence electrons. The maximum atomic E-state index is 10.5. The summed E-state index contributed by atoms with van der Waals surface area (Å²) in [4.78, 5) is 11.8. The number of nitrogens with zero attached hydrogens (tertiary/aromatic N) is 1. The Morgan fingerprint density at radius 3 is 2.33 bits per heavy atom. The van der Waals surface area contributed by atoms with Crippen molar-refractivity contribution in [2.24, 2.45) is 0 Å². The average molecular weight is 300 g/mol. The minimum Gasteiger partial charge on any atom is -0.258 e. The first kappa shape index (κ1) is 13.2. The minimum atomic E-state index is -0.430. The van der Waals surface area contributed by atoms with Gasteiger partial charge in [-0.25, -0.2) is 0 Å². The topological polar surface area (TPSA) is 43.1 Å². The van der Waals surface area contributed by atoms with Gasteiger partial charge in [-0.15, -0.1) is 0 Å². The van der Waals surface area contributed by atoms with Gasteiger partial charge in [-0.05, 0) is 24.3 Å². The van der Waals surface area contributed by atoms with E-state index in [9.17, 15) is 10.1 Å². The molecule has 0 aliphatic heterocycles. The molecule has 0 saturated carbocycles. The summed E-state index contributed by atoms with van der Waals surface area (Å²) in [6.07, 6.45) is 0. The number of rotatable bonds is 3. The molecule has 6 heteroatoms. The molecule has 0 aliphatic carbocycles. The number of hydrogen-bond donors (Lipinski definition) is 0. The van der Waals surface area contributed by atoms with Crippen molar-refractivity contribution in [3.8, 4) is 0 Å². The number of halogens is 2. The number of hydrogen-bond acceptors (Lipinski definition) is 3. The molecule has 0 heterocycles. The van der Waals surface area contributed by atoms with Crippen molar-refractivity contribution in [1.29, 1.82) is 0 Å². The zero-order chi connectivity index (χ0) is 13.1. The van der Waals surface area contributed by atoms with Gasteiger partial charge in [0, 0.05) is 21.9 Å². The van der Waals surface area contributed by atoms with Crippen molar-refractivity contribution >= 4 is 40.7 Å². The Hall–Kier alpha value is -1.23. The average Bonchev–Trinajstić information content (AvgIpc) is 2.36. The summed E-state index contributed by atoms with van der Waals surface area (Å²) >= 11 is 13.4. The lowest BCUT2D eigenvalue weighted by atomic mass is 10.3. The molecule has 0 fully saturated rings. The van der Waals surface area contributed by atoms with E-state index in [1.165, 1.54) is 23.9 Å². The molecule has 2 aromatic carbocycles. The lowest BCUT2D eigenvalue weighted by molar-refractivity contribution is -0.384. The van der Waals surface area contributed by atoms with Gasteiger partial charge in [0.25, 0.3) is 5.69 Å². The molecule has 0 spiro atoms. The van der Waals surface area contributed by atoms with E-state index in [-0.39, 0.29) is 5.69 Å². The summed E-state index contributed by atoms with van der Waals surface area (Å²) in [6.45, 7) is 0. The first-order chi connectivity index (χ1) is 8.58. The van der Waals surface area contributed by atoms with Gasteiger partial charge in [0.05, 0.1) is 15.0 Å². The van der Waals surface area contributed by atoms with Crippen LogP contribution in [0.15, 0.2) is 52.3 Å². The van der Waals surface area contributed by atoms with Crippen LogP contribution < -0.4 is 0 Å². The third-order valence-corrected chi connectivity index (χ3v) is 4.19. The van der Waals surface area contributed by atoms with E-state index in [1.807, 2.05) is 12.1 Å². The van der Waals surface area contributed by atoms with E-state index in [4.69, 9.17) is 23.2 Å². The normalized spacial score (nSPS) is 10.3. The van der Waals surface area contributed by atoms with E-state index in [0.29, 0.717) is 10.0 Å². The van der Waals surface area contributed by atoms with Gasteiger partial charge >= 0.3 is 0 Å². The number of benzene rings is 2. The van der Waals surface area contributed by atoms with Crippen molar-refractivity contribution in [2.45, 2.75) is 9.79 Å². The van der Waals surface area contributed by atoms with Crippen LogP contribution in [0.1, 0.15) is 0 Å². The van der Waals surface area contributed by atoms with Crippen LogP contribution in [0.2, 0.25) is 10.0 Å². The highest BCUT2D eigenvalue weighted by molar-refractivity contribution is 7.99. The monoisotopic (exact) mass is 299 g/mol. The van der Waals surface area contributed by atoms with Gasteiger partial charge in [0.1, 0.15) is 0 Å². The predicted octanol–water partition coefficient (Wildman–Crippen LogP) is 5.05. The first-order valence-electron chi connectivity index (χ1n) is 4.94. The highest BCUT2D eigenvalue weighted by atomic mass is 35.5. The predicted molar refractivity (Wildman–Crippen MR) is 73.7 cm³/mol. The zero-order valence-electron chi connectivity index (χ0n) is 8.97. The second-order valence-electron chi connectivity index (χ2n) is 3.41. The molecule has 2 rings (SSSR count). The Kier molecular flexibility index (Phi) is 4.11. The van der Waals surface area contributed by atoms with Gasteiger partial charge in [-0.3, -0.25) is 10.1 Å². The number of nitro benzene ring substituents is 1. The van der Waals surface area contributed by atoms with Crippen molar-refractivity contribution < 1.29 is 4.92 Å². The molecule has 0 saturated heterocycles. The van der Waals surface area contributed by atoms with E-state index < -0.39 is 4.92 Å². The summed E-state index contributed by atoms with van der Waals surface area (Å²) in [5, 5.41) is 11.5. The molecule has 0 bridgehead atoms. The van der Waals surface area contributed by atoms with E-state index in [2.05, 4.69) is 0 Å². The minimum absolute atomic E-state index is 0.0662. The second-order valence-corrected chi connectivity index (χ2v) is 5.31. The molecule has 0 unspecified atom stereocenters. The molecular formula is C12H7Cl2NO2S. The maximum absolute atomic E-state index is 10.5. The Morgan fingerprint density at radius 2 is 1.72 bits per heavy atom. The highest BCUT2D eigenvalue weighted by Gasteiger charge is 2.08. The van der Waals surface area contributed by atoms with Crippen molar-refractivity contribution in [3.05, 3.63) is 62.6 Å². The summed E-state index contributed by atoms with van der Waals surface area (Å²) in [5.74, 6) is 0. The number of nitro groups is 1. The Morgan fingerprint density at radius 1 is 1.06 bits per heavy atom. The van der Waals surface area contributed by atoms with Gasteiger partial charge in [0.15, 0.2) is 0 Å². The lowest BCUT2D eigenvalue weighted by Crippen LogP contribution is -1.86. The Bertz CT molecular complexity index is 587. The summed E-state index contributed by atoms with van der Waals surface area (Å²) in [6, 6.07) is 11.6. The molecule has 2 aromatic rings. The van der Waals surface area contributed by atoms with E-state index >= 15 is 0 Å². The van der Waals surface area contributed by atoms with Gasteiger partial charge < -0.3 is 0 Å². The summed E-state index contributed by atoms with van der Waals surface area (Å²) < 4.78 is 0. The molecule has 0 N–H and O–H groups in total. The van der Waals surface area contributed by atoms with E-state index in [1.54, 1.807) is 18.2 Å². The quantitative estimate of drug-likeness (QED) is 0.588. The van der Waals surface area contributed by atoms with Gasteiger partial charge in [-0.2, -0.15) is 0 Å². The molecule has 0 amide bonds. The van der Waals surface area contributed by atoms with Crippen LogP contribution in [0, 0.1) is 10.1 Å². The largest absolute Gasteiger partial charge is 0.269 e. The second kappa shape index (κ2) is 5.61. The van der Waals surface area contributed by atoms with Gasteiger partial charge in [-0.1, -0.05) is 41.0 Å². The van der Waals surface area contributed by atoms with Gasteiger partial charge in [0.2, 0.25) is 0 Å². The lowest BCUT2D eigenvalue weighted by Gasteiger charge is -2.05. The summed E-state index contributed by atoms with van der Waals surface area (Å²) in [5.41, 5.74) is 0.0662. The molecule has 18 heavy (non-hydrogen) atoms. The third kappa shape index (κ3) is 2.96. The Labute approximate surface area is 118 Å². The molecule has 0 aromatic heterocycles. The van der Waals surface area contributed by atoms with Crippen LogP contribution in [0.25, 0.3) is 0 Å².